The van der Waals surface area contributed by atoms with Gasteiger partial charge in [0.15, 0.2) is 0 Å². The highest BCUT2D eigenvalue weighted by Gasteiger charge is 2.33. The first kappa shape index (κ1) is 14.3. The molecule has 2 N–H and O–H groups in total. The van der Waals surface area contributed by atoms with Crippen LogP contribution in [-0.2, 0) is 11.3 Å². The van der Waals surface area contributed by atoms with Crippen LogP contribution in [0.2, 0.25) is 0 Å². The maximum atomic E-state index is 11.4. The lowest BCUT2D eigenvalue weighted by Crippen LogP contribution is -2.53. The molecule has 3 heterocycles. The van der Waals surface area contributed by atoms with Gasteiger partial charge in [0, 0.05) is 38.6 Å². The van der Waals surface area contributed by atoms with Crippen molar-refractivity contribution in [1.82, 2.24) is 20.2 Å². The van der Waals surface area contributed by atoms with Crippen LogP contribution in [-0.4, -0.2) is 46.5 Å². The molecule has 2 fully saturated rings. The molecule has 3 rings (SSSR count). The van der Waals surface area contributed by atoms with Crippen LogP contribution in [0, 0.1) is 5.92 Å². The number of fused-ring (bicyclic) bond motifs is 1. The van der Waals surface area contributed by atoms with Crippen LogP contribution < -0.4 is 10.6 Å². The summed E-state index contributed by atoms with van der Waals surface area (Å²) < 4.78 is 0. The second-order valence-corrected chi connectivity index (χ2v) is 5.92. The molecular formula is C15H23N5O. The number of hydrogen-bond donors (Lipinski definition) is 2. The SMILES string of the molecule is CCNc1cnc(CN2CCC3NC(=O)CCC3C2)cn1. The summed E-state index contributed by atoms with van der Waals surface area (Å²) in [6.45, 7) is 5.80. The van der Waals surface area contributed by atoms with Crippen molar-refractivity contribution in [3.63, 3.8) is 0 Å². The van der Waals surface area contributed by atoms with Crippen LogP contribution in [0.3, 0.4) is 0 Å². The van der Waals surface area contributed by atoms with Gasteiger partial charge in [0.2, 0.25) is 5.91 Å². The van der Waals surface area contributed by atoms with E-state index in [9.17, 15) is 4.79 Å². The molecule has 6 nitrogen and oxygen atoms in total. The van der Waals surface area contributed by atoms with Crippen molar-refractivity contribution >= 4 is 11.7 Å². The Morgan fingerprint density at radius 3 is 3.05 bits per heavy atom. The van der Waals surface area contributed by atoms with E-state index in [0.717, 1.165) is 50.5 Å². The van der Waals surface area contributed by atoms with Gasteiger partial charge in [-0.05, 0) is 25.7 Å². The molecule has 0 bridgehead atoms. The summed E-state index contributed by atoms with van der Waals surface area (Å²) in [5.74, 6) is 1.63. The Morgan fingerprint density at radius 2 is 2.29 bits per heavy atom. The van der Waals surface area contributed by atoms with Crippen LogP contribution in [0.4, 0.5) is 5.82 Å². The van der Waals surface area contributed by atoms with E-state index in [2.05, 4.69) is 25.5 Å². The molecule has 2 aliphatic rings. The zero-order valence-electron chi connectivity index (χ0n) is 12.5. The number of carbonyl (C=O) groups excluding carboxylic acids is 1. The minimum absolute atomic E-state index is 0.217. The molecule has 0 aliphatic carbocycles. The molecule has 0 aromatic carbocycles. The highest BCUT2D eigenvalue weighted by atomic mass is 16.1. The van der Waals surface area contributed by atoms with E-state index in [1.165, 1.54) is 0 Å². The van der Waals surface area contributed by atoms with Crippen LogP contribution in [0.5, 0.6) is 0 Å². The van der Waals surface area contributed by atoms with Gasteiger partial charge >= 0.3 is 0 Å². The van der Waals surface area contributed by atoms with Crippen LogP contribution in [0.1, 0.15) is 31.9 Å². The van der Waals surface area contributed by atoms with E-state index in [1.807, 2.05) is 13.1 Å². The van der Waals surface area contributed by atoms with Gasteiger partial charge in [-0.3, -0.25) is 14.7 Å². The number of hydrogen-bond acceptors (Lipinski definition) is 5. The summed E-state index contributed by atoms with van der Waals surface area (Å²) in [7, 11) is 0. The second kappa shape index (κ2) is 6.39. The number of nitrogens with one attached hydrogen (secondary N) is 2. The fourth-order valence-electron chi connectivity index (χ4n) is 3.27. The molecule has 1 amide bonds. The van der Waals surface area contributed by atoms with Gasteiger partial charge in [0.25, 0.3) is 0 Å². The number of aromatic nitrogens is 2. The van der Waals surface area contributed by atoms with E-state index in [1.54, 1.807) is 6.20 Å². The number of piperidine rings is 2. The number of carbonyl (C=O) groups is 1. The fraction of sp³-hybridized carbons (Fsp3) is 0.667. The first-order valence-corrected chi connectivity index (χ1v) is 7.81. The van der Waals surface area contributed by atoms with Crippen molar-refractivity contribution in [2.24, 2.45) is 5.92 Å². The number of anilines is 1. The zero-order valence-corrected chi connectivity index (χ0v) is 12.5. The second-order valence-electron chi connectivity index (χ2n) is 5.92. The lowest BCUT2D eigenvalue weighted by atomic mass is 9.85. The average Bonchev–Trinajstić information content (AvgIpc) is 2.50. The largest absolute Gasteiger partial charge is 0.369 e. The fourth-order valence-corrected chi connectivity index (χ4v) is 3.27. The van der Waals surface area contributed by atoms with Gasteiger partial charge in [-0.15, -0.1) is 0 Å². The Labute approximate surface area is 125 Å². The predicted octanol–water partition coefficient (Wildman–Crippen LogP) is 1.01. The Kier molecular flexibility index (Phi) is 4.34. The highest BCUT2D eigenvalue weighted by molar-refractivity contribution is 5.77. The van der Waals surface area contributed by atoms with Crippen LogP contribution in [0.25, 0.3) is 0 Å². The minimum atomic E-state index is 0.217. The monoisotopic (exact) mass is 289 g/mol. The van der Waals surface area contributed by atoms with Crippen molar-refractivity contribution in [2.45, 2.75) is 38.8 Å². The lowest BCUT2D eigenvalue weighted by molar-refractivity contribution is -0.125. The molecule has 2 saturated heterocycles. The summed E-state index contributed by atoms with van der Waals surface area (Å²) in [6.07, 6.45) is 6.38. The molecule has 2 aliphatic heterocycles. The topological polar surface area (TPSA) is 70.2 Å². The number of rotatable bonds is 4. The van der Waals surface area contributed by atoms with Gasteiger partial charge in [0.1, 0.15) is 5.82 Å². The van der Waals surface area contributed by atoms with Gasteiger partial charge in [-0.2, -0.15) is 0 Å². The van der Waals surface area contributed by atoms with E-state index >= 15 is 0 Å². The van der Waals surface area contributed by atoms with Crippen molar-refractivity contribution in [3.8, 4) is 0 Å². The van der Waals surface area contributed by atoms with Gasteiger partial charge < -0.3 is 10.6 Å². The lowest BCUT2D eigenvalue weighted by Gasteiger charge is -2.41. The summed E-state index contributed by atoms with van der Waals surface area (Å²) in [6, 6.07) is 0.379. The molecule has 0 saturated carbocycles. The molecule has 21 heavy (non-hydrogen) atoms. The number of nitrogens with zero attached hydrogens (tertiary/aromatic N) is 3. The van der Waals surface area contributed by atoms with Crippen molar-refractivity contribution in [1.29, 1.82) is 0 Å². The molecule has 1 aromatic rings. The summed E-state index contributed by atoms with van der Waals surface area (Å²) in [5.41, 5.74) is 1.01. The van der Waals surface area contributed by atoms with Crippen molar-refractivity contribution < 1.29 is 4.79 Å². The summed E-state index contributed by atoms with van der Waals surface area (Å²) in [4.78, 5) is 22.7. The number of likely N-dealkylation sites (tertiary alicyclic amines) is 1. The normalized spacial score (nSPS) is 26.0. The Bertz CT molecular complexity index is 489. The van der Waals surface area contributed by atoms with Gasteiger partial charge in [-0.25, -0.2) is 4.98 Å². The Balaban J connectivity index is 1.55. The van der Waals surface area contributed by atoms with E-state index < -0.39 is 0 Å². The smallest absolute Gasteiger partial charge is 0.220 e. The maximum absolute atomic E-state index is 11.4. The quantitative estimate of drug-likeness (QED) is 0.865. The van der Waals surface area contributed by atoms with Gasteiger partial charge in [0.05, 0.1) is 18.1 Å². The van der Waals surface area contributed by atoms with Crippen LogP contribution in [0.15, 0.2) is 12.4 Å². The predicted molar refractivity (Wildman–Crippen MR) is 80.7 cm³/mol. The number of amides is 1. The van der Waals surface area contributed by atoms with Crippen molar-refractivity contribution in [2.75, 3.05) is 25.0 Å². The molecule has 0 radical (unpaired) electrons. The maximum Gasteiger partial charge on any atom is 0.220 e. The third-order valence-electron chi connectivity index (χ3n) is 4.36. The van der Waals surface area contributed by atoms with E-state index in [-0.39, 0.29) is 5.91 Å². The first-order chi connectivity index (χ1) is 10.2. The summed E-state index contributed by atoms with van der Waals surface area (Å²) >= 11 is 0. The highest BCUT2D eigenvalue weighted by Crippen LogP contribution is 2.25. The zero-order chi connectivity index (χ0) is 14.7. The molecule has 6 heteroatoms. The minimum Gasteiger partial charge on any atom is -0.369 e. The molecule has 114 valence electrons. The average molecular weight is 289 g/mol. The molecular weight excluding hydrogens is 266 g/mol. The first-order valence-electron chi connectivity index (χ1n) is 7.81. The Hall–Kier alpha value is -1.69. The molecule has 2 unspecified atom stereocenters. The van der Waals surface area contributed by atoms with Gasteiger partial charge in [-0.1, -0.05) is 0 Å². The Morgan fingerprint density at radius 1 is 1.38 bits per heavy atom. The standard InChI is InChI=1S/C15H23N5O/c1-2-16-14-8-17-12(7-18-14)10-20-6-5-13-11(9-20)3-4-15(21)19-13/h7-8,11,13H,2-6,9-10H2,1H3,(H,16,18)(H,19,21). The molecule has 2 atom stereocenters. The van der Waals surface area contributed by atoms with Crippen LogP contribution >= 0.6 is 0 Å². The molecule has 0 spiro atoms. The third-order valence-corrected chi connectivity index (χ3v) is 4.36. The van der Waals surface area contributed by atoms with E-state index in [4.69, 9.17) is 0 Å². The molecule has 1 aromatic heterocycles. The third kappa shape index (κ3) is 3.50. The van der Waals surface area contributed by atoms with E-state index in [0.29, 0.717) is 18.4 Å². The van der Waals surface area contributed by atoms with Crippen molar-refractivity contribution in [3.05, 3.63) is 18.1 Å². The summed E-state index contributed by atoms with van der Waals surface area (Å²) in [5, 5.41) is 6.27.